The van der Waals surface area contributed by atoms with Gasteiger partial charge in [0.1, 0.15) is 5.82 Å². The second-order valence-electron chi connectivity index (χ2n) is 4.78. The molecular formula is C13H15FN4O2. The molecule has 20 heavy (non-hydrogen) atoms. The van der Waals surface area contributed by atoms with Crippen LogP contribution in [-0.4, -0.2) is 21.0 Å². The highest BCUT2D eigenvalue weighted by atomic mass is 19.1. The Morgan fingerprint density at radius 1 is 1.45 bits per heavy atom. The Kier molecular flexibility index (Phi) is 4.39. The molecule has 0 aromatic carbocycles. The first-order chi connectivity index (χ1) is 9.54. The molecule has 106 valence electrons. The van der Waals surface area contributed by atoms with Crippen LogP contribution in [0, 0.1) is 11.7 Å². The molecular weight excluding hydrogens is 263 g/mol. The number of halogens is 1. The van der Waals surface area contributed by atoms with Crippen molar-refractivity contribution < 1.29 is 13.7 Å². The third-order valence-electron chi connectivity index (χ3n) is 2.47. The Balaban J connectivity index is 1.92. The van der Waals surface area contributed by atoms with Crippen LogP contribution in [0.25, 0.3) is 0 Å². The van der Waals surface area contributed by atoms with E-state index in [1.807, 2.05) is 0 Å². The summed E-state index contributed by atoms with van der Waals surface area (Å²) in [6.45, 7) is 4.20. The van der Waals surface area contributed by atoms with E-state index < -0.39 is 11.7 Å². The van der Waals surface area contributed by atoms with Crippen molar-refractivity contribution in [1.29, 1.82) is 0 Å². The van der Waals surface area contributed by atoms with Gasteiger partial charge in [-0.25, -0.2) is 4.39 Å². The first kappa shape index (κ1) is 14.1. The van der Waals surface area contributed by atoms with E-state index in [9.17, 15) is 9.18 Å². The quantitative estimate of drug-likeness (QED) is 0.900. The van der Waals surface area contributed by atoms with E-state index in [0.29, 0.717) is 24.1 Å². The molecule has 2 aromatic rings. The zero-order chi connectivity index (χ0) is 14.5. The highest BCUT2D eigenvalue weighted by molar-refractivity contribution is 5.93. The van der Waals surface area contributed by atoms with Gasteiger partial charge in [-0.15, -0.1) is 0 Å². The molecule has 2 aromatic heterocycles. The van der Waals surface area contributed by atoms with Gasteiger partial charge in [-0.05, 0) is 12.0 Å². The Morgan fingerprint density at radius 3 is 2.95 bits per heavy atom. The summed E-state index contributed by atoms with van der Waals surface area (Å²) in [5.41, 5.74) is 0.145. The predicted octanol–water partition coefficient (Wildman–Crippen LogP) is 1.73. The summed E-state index contributed by atoms with van der Waals surface area (Å²) in [7, 11) is 0. The average molecular weight is 278 g/mol. The Morgan fingerprint density at radius 2 is 2.25 bits per heavy atom. The van der Waals surface area contributed by atoms with E-state index in [-0.39, 0.29) is 12.1 Å². The zero-order valence-electron chi connectivity index (χ0n) is 11.3. The van der Waals surface area contributed by atoms with Gasteiger partial charge in [0.15, 0.2) is 5.82 Å². The standard InChI is InChI=1S/C13H15FN4O2/c1-8(2)3-11-17-12(20-18-11)7-16-13(19)9-4-10(14)6-15-5-9/h4-6,8H,3,7H2,1-2H3,(H,16,19). The van der Waals surface area contributed by atoms with Crippen molar-refractivity contribution in [2.24, 2.45) is 5.92 Å². The number of nitrogens with zero attached hydrogens (tertiary/aromatic N) is 3. The van der Waals surface area contributed by atoms with Gasteiger partial charge in [-0.2, -0.15) is 4.98 Å². The van der Waals surface area contributed by atoms with Crippen LogP contribution < -0.4 is 5.32 Å². The highest BCUT2D eigenvalue weighted by Crippen LogP contribution is 2.05. The van der Waals surface area contributed by atoms with E-state index in [2.05, 4.69) is 34.3 Å². The van der Waals surface area contributed by atoms with Gasteiger partial charge in [-0.1, -0.05) is 19.0 Å². The molecule has 0 saturated carbocycles. The van der Waals surface area contributed by atoms with Crippen molar-refractivity contribution in [1.82, 2.24) is 20.4 Å². The lowest BCUT2D eigenvalue weighted by molar-refractivity contribution is 0.0945. The lowest BCUT2D eigenvalue weighted by Gasteiger charge is -2.01. The molecule has 0 aliphatic heterocycles. The van der Waals surface area contributed by atoms with E-state index in [4.69, 9.17) is 4.52 Å². The number of carbonyl (C=O) groups excluding carboxylic acids is 1. The number of hydrogen-bond acceptors (Lipinski definition) is 5. The van der Waals surface area contributed by atoms with Crippen LogP contribution >= 0.6 is 0 Å². The minimum absolute atomic E-state index is 0.0977. The molecule has 1 amide bonds. The fourth-order valence-corrected chi connectivity index (χ4v) is 1.60. The van der Waals surface area contributed by atoms with Crippen molar-refractivity contribution >= 4 is 5.91 Å². The average Bonchev–Trinajstić information content (AvgIpc) is 2.82. The molecule has 1 N–H and O–H groups in total. The summed E-state index contributed by atoms with van der Waals surface area (Å²) >= 11 is 0. The molecule has 2 rings (SSSR count). The number of pyridine rings is 1. The largest absolute Gasteiger partial charge is 0.343 e. The lowest BCUT2D eigenvalue weighted by atomic mass is 10.1. The van der Waals surface area contributed by atoms with Gasteiger partial charge in [-0.3, -0.25) is 9.78 Å². The number of carbonyl (C=O) groups is 1. The summed E-state index contributed by atoms with van der Waals surface area (Å²) in [6.07, 6.45) is 3.04. The van der Waals surface area contributed by atoms with Crippen molar-refractivity contribution in [3.05, 3.63) is 41.6 Å². The van der Waals surface area contributed by atoms with Gasteiger partial charge in [0, 0.05) is 12.6 Å². The van der Waals surface area contributed by atoms with Gasteiger partial charge < -0.3 is 9.84 Å². The fraction of sp³-hybridized carbons (Fsp3) is 0.385. The maximum Gasteiger partial charge on any atom is 0.253 e. The molecule has 0 aliphatic carbocycles. The molecule has 0 spiro atoms. The summed E-state index contributed by atoms with van der Waals surface area (Å²) in [4.78, 5) is 19.5. The number of amides is 1. The molecule has 2 heterocycles. The van der Waals surface area contributed by atoms with Crippen molar-refractivity contribution in [3.63, 3.8) is 0 Å². The Bertz CT molecular complexity index is 598. The maximum absolute atomic E-state index is 12.9. The van der Waals surface area contributed by atoms with Gasteiger partial charge in [0.25, 0.3) is 5.91 Å². The SMILES string of the molecule is CC(C)Cc1noc(CNC(=O)c2cncc(F)c2)n1. The second-order valence-corrected chi connectivity index (χ2v) is 4.78. The minimum Gasteiger partial charge on any atom is -0.343 e. The van der Waals surface area contributed by atoms with Gasteiger partial charge in [0.05, 0.1) is 18.3 Å². The van der Waals surface area contributed by atoms with E-state index in [1.165, 1.54) is 6.20 Å². The van der Waals surface area contributed by atoms with Crippen molar-refractivity contribution in [2.75, 3.05) is 0 Å². The van der Waals surface area contributed by atoms with Crippen LogP contribution in [-0.2, 0) is 13.0 Å². The Hall–Kier alpha value is -2.31. The van der Waals surface area contributed by atoms with E-state index >= 15 is 0 Å². The topological polar surface area (TPSA) is 80.9 Å². The Labute approximate surface area is 115 Å². The minimum atomic E-state index is -0.561. The van der Waals surface area contributed by atoms with Crippen LogP contribution in [0.1, 0.15) is 35.9 Å². The summed E-state index contributed by atoms with van der Waals surface area (Å²) in [5.74, 6) is 0.346. The monoisotopic (exact) mass is 278 g/mol. The molecule has 0 unspecified atom stereocenters. The molecule has 6 nitrogen and oxygen atoms in total. The summed E-state index contributed by atoms with van der Waals surface area (Å²) in [6, 6.07) is 1.11. The van der Waals surface area contributed by atoms with Crippen LogP contribution in [0.5, 0.6) is 0 Å². The van der Waals surface area contributed by atoms with E-state index in [0.717, 1.165) is 12.3 Å². The first-order valence-corrected chi connectivity index (χ1v) is 6.25. The smallest absolute Gasteiger partial charge is 0.253 e. The third-order valence-corrected chi connectivity index (χ3v) is 2.47. The maximum atomic E-state index is 12.9. The molecule has 0 aliphatic rings. The van der Waals surface area contributed by atoms with Crippen molar-refractivity contribution in [3.8, 4) is 0 Å². The molecule has 0 bridgehead atoms. The first-order valence-electron chi connectivity index (χ1n) is 6.25. The van der Waals surface area contributed by atoms with Crippen LogP contribution in [0.4, 0.5) is 4.39 Å². The number of rotatable bonds is 5. The van der Waals surface area contributed by atoms with E-state index in [1.54, 1.807) is 0 Å². The normalized spacial score (nSPS) is 10.8. The third kappa shape index (κ3) is 3.84. The molecule has 0 radical (unpaired) electrons. The van der Waals surface area contributed by atoms with Crippen LogP contribution in [0.2, 0.25) is 0 Å². The number of aromatic nitrogens is 3. The molecule has 0 fully saturated rings. The van der Waals surface area contributed by atoms with Crippen molar-refractivity contribution in [2.45, 2.75) is 26.8 Å². The highest BCUT2D eigenvalue weighted by Gasteiger charge is 2.11. The fourth-order valence-electron chi connectivity index (χ4n) is 1.60. The van der Waals surface area contributed by atoms with Gasteiger partial charge >= 0.3 is 0 Å². The second kappa shape index (κ2) is 6.23. The number of hydrogen-bond donors (Lipinski definition) is 1. The summed E-state index contributed by atoms with van der Waals surface area (Å²) in [5, 5.41) is 6.38. The molecule has 7 heteroatoms. The lowest BCUT2D eigenvalue weighted by Crippen LogP contribution is -2.23. The molecule has 0 atom stereocenters. The zero-order valence-corrected chi connectivity index (χ0v) is 11.3. The number of nitrogens with one attached hydrogen (secondary N) is 1. The summed E-state index contributed by atoms with van der Waals surface area (Å²) < 4.78 is 17.9. The molecule has 0 saturated heterocycles. The van der Waals surface area contributed by atoms with Crippen LogP contribution in [0.15, 0.2) is 23.0 Å². The van der Waals surface area contributed by atoms with Crippen LogP contribution in [0.3, 0.4) is 0 Å². The van der Waals surface area contributed by atoms with Gasteiger partial charge in [0.2, 0.25) is 5.89 Å². The predicted molar refractivity (Wildman–Crippen MR) is 68.2 cm³/mol.